The summed E-state index contributed by atoms with van der Waals surface area (Å²) in [6.07, 6.45) is 3.44. The second-order valence-electron chi connectivity index (χ2n) is 7.75. The van der Waals surface area contributed by atoms with Gasteiger partial charge in [-0.2, -0.15) is 0 Å². The van der Waals surface area contributed by atoms with E-state index in [0.717, 1.165) is 0 Å². The van der Waals surface area contributed by atoms with Crippen molar-refractivity contribution in [3.63, 3.8) is 0 Å². The number of hydrogen-bond donors (Lipinski definition) is 1. The highest BCUT2D eigenvalue weighted by atomic mass is 32.2. The van der Waals surface area contributed by atoms with Gasteiger partial charge in [0.25, 0.3) is 0 Å². The molecule has 0 aliphatic carbocycles. The molecule has 3 aromatic carbocycles. The molecule has 0 atom stereocenters. The van der Waals surface area contributed by atoms with Gasteiger partial charge < -0.3 is 33.5 Å². The maximum atomic E-state index is 13.4. The van der Waals surface area contributed by atoms with Crippen molar-refractivity contribution in [2.75, 3.05) is 42.7 Å². The molecule has 0 fully saturated rings. The van der Waals surface area contributed by atoms with Crippen LogP contribution in [0.4, 0.5) is 0 Å². The van der Waals surface area contributed by atoms with Crippen LogP contribution in [0, 0.1) is 0 Å². The zero-order valence-electron chi connectivity index (χ0n) is 21.5. The summed E-state index contributed by atoms with van der Waals surface area (Å²) >= 11 is 0. The van der Waals surface area contributed by atoms with Gasteiger partial charge in [-0.15, -0.1) is 0 Å². The first-order valence-electron chi connectivity index (χ1n) is 11.0. The van der Waals surface area contributed by atoms with E-state index >= 15 is 0 Å². The van der Waals surface area contributed by atoms with Gasteiger partial charge in [-0.3, -0.25) is 0 Å². The maximum Gasteiger partial charge on any atom is 0.203 e. The summed E-state index contributed by atoms with van der Waals surface area (Å²) < 4.78 is 58.6. The number of phenolic OH excluding ortho intramolecular Hbond substituents is 1. The monoisotopic (exact) mass is 530 g/mol. The molecule has 3 rings (SSSR count). The topological polar surface area (TPSA) is 110 Å². The molecule has 0 saturated heterocycles. The first kappa shape index (κ1) is 27.5. The van der Waals surface area contributed by atoms with Crippen molar-refractivity contribution < 1.29 is 41.9 Å². The molecule has 0 heterocycles. The van der Waals surface area contributed by atoms with E-state index < -0.39 is 15.6 Å². The summed E-state index contributed by atoms with van der Waals surface area (Å²) in [6.45, 7) is 0. The Hall–Kier alpha value is -4.05. The summed E-state index contributed by atoms with van der Waals surface area (Å²) in [5, 5.41) is 10.9. The second kappa shape index (κ2) is 11.8. The fraction of sp³-hybridized carbons (Fsp3) is 0.259. The highest BCUT2D eigenvalue weighted by Gasteiger charge is 2.23. The van der Waals surface area contributed by atoms with Gasteiger partial charge in [0.05, 0.1) is 53.3 Å². The minimum absolute atomic E-state index is 0.0203. The fourth-order valence-electron chi connectivity index (χ4n) is 3.77. The van der Waals surface area contributed by atoms with E-state index in [1.54, 1.807) is 36.4 Å². The van der Waals surface area contributed by atoms with Gasteiger partial charge in [0.2, 0.25) is 5.75 Å². The smallest absolute Gasteiger partial charge is 0.203 e. The van der Waals surface area contributed by atoms with Crippen LogP contribution in [0.25, 0.3) is 12.2 Å². The lowest BCUT2D eigenvalue weighted by molar-refractivity contribution is 0.324. The highest BCUT2D eigenvalue weighted by molar-refractivity contribution is 7.90. The molecule has 198 valence electrons. The number of ether oxygens (including phenoxy) is 6. The van der Waals surface area contributed by atoms with Crippen LogP contribution in [0.15, 0.2) is 47.4 Å². The van der Waals surface area contributed by atoms with Gasteiger partial charge in [-0.05, 0) is 41.5 Å². The molecule has 0 unspecified atom stereocenters. The SMILES string of the molecule is COc1ccc(S(=O)(=O)Cc2c(/C=C\c3cc(OC)c(OC)c(OC)c3)ccc(OC)c2O)cc1OC. The summed E-state index contributed by atoms with van der Waals surface area (Å²) in [7, 11) is 4.94. The normalized spacial score (nSPS) is 11.3. The molecule has 10 heteroatoms. The number of rotatable bonds is 11. The lowest BCUT2D eigenvalue weighted by atomic mass is 10.0. The Kier molecular flexibility index (Phi) is 8.77. The average molecular weight is 531 g/mol. The largest absolute Gasteiger partial charge is 0.504 e. The van der Waals surface area contributed by atoms with Crippen LogP contribution >= 0.6 is 0 Å². The Morgan fingerprint density at radius 2 is 1.24 bits per heavy atom. The third kappa shape index (κ3) is 5.86. The Morgan fingerprint density at radius 1 is 0.676 bits per heavy atom. The van der Waals surface area contributed by atoms with Crippen LogP contribution in [0.1, 0.15) is 16.7 Å². The van der Waals surface area contributed by atoms with E-state index in [4.69, 9.17) is 28.4 Å². The fourth-order valence-corrected chi connectivity index (χ4v) is 5.18. The lowest BCUT2D eigenvalue weighted by Gasteiger charge is -2.15. The number of hydrogen-bond acceptors (Lipinski definition) is 9. The maximum absolute atomic E-state index is 13.4. The van der Waals surface area contributed by atoms with E-state index in [1.807, 2.05) is 0 Å². The molecule has 0 bridgehead atoms. The molecule has 0 spiro atoms. The van der Waals surface area contributed by atoms with Gasteiger partial charge in [-0.1, -0.05) is 18.2 Å². The van der Waals surface area contributed by atoms with Crippen LogP contribution in [0.3, 0.4) is 0 Å². The van der Waals surface area contributed by atoms with Crippen molar-refractivity contribution in [2.24, 2.45) is 0 Å². The van der Waals surface area contributed by atoms with Gasteiger partial charge >= 0.3 is 0 Å². The molecule has 0 saturated carbocycles. The van der Waals surface area contributed by atoms with Crippen molar-refractivity contribution in [2.45, 2.75) is 10.6 Å². The van der Waals surface area contributed by atoms with Gasteiger partial charge in [0.1, 0.15) is 0 Å². The van der Waals surface area contributed by atoms with Crippen LogP contribution in [-0.4, -0.2) is 56.2 Å². The number of phenols is 1. The third-order valence-electron chi connectivity index (χ3n) is 5.69. The zero-order valence-corrected chi connectivity index (χ0v) is 22.3. The molecule has 0 aliphatic rings. The Morgan fingerprint density at radius 3 is 1.78 bits per heavy atom. The highest BCUT2D eigenvalue weighted by Crippen LogP contribution is 2.40. The average Bonchev–Trinajstić information content (AvgIpc) is 2.92. The van der Waals surface area contributed by atoms with E-state index in [-0.39, 0.29) is 27.7 Å². The summed E-state index contributed by atoms with van der Waals surface area (Å²) in [5.74, 6) is 1.47. The minimum atomic E-state index is -3.90. The van der Waals surface area contributed by atoms with Gasteiger partial charge in [0, 0.05) is 11.6 Å². The van der Waals surface area contributed by atoms with E-state index in [9.17, 15) is 13.5 Å². The van der Waals surface area contributed by atoms with Gasteiger partial charge in [-0.25, -0.2) is 8.42 Å². The first-order chi connectivity index (χ1) is 17.7. The van der Waals surface area contributed by atoms with E-state index in [2.05, 4.69) is 0 Å². The van der Waals surface area contributed by atoms with Crippen LogP contribution in [0.5, 0.6) is 40.2 Å². The van der Waals surface area contributed by atoms with Crippen molar-refractivity contribution in [1.82, 2.24) is 0 Å². The number of sulfone groups is 1. The Bertz CT molecular complexity index is 1370. The van der Waals surface area contributed by atoms with Crippen LogP contribution in [-0.2, 0) is 15.6 Å². The molecule has 0 amide bonds. The van der Waals surface area contributed by atoms with E-state index in [0.29, 0.717) is 34.1 Å². The number of methoxy groups -OCH3 is 6. The van der Waals surface area contributed by atoms with Crippen molar-refractivity contribution in [3.05, 3.63) is 59.2 Å². The predicted octanol–water partition coefficient (Wildman–Crippen LogP) is 4.59. The summed E-state index contributed by atoms with van der Waals surface area (Å²) in [5.41, 5.74) is 1.37. The minimum Gasteiger partial charge on any atom is -0.504 e. The molecular formula is C27H30O9S. The Labute approximate surface area is 216 Å². The molecule has 0 aliphatic heterocycles. The van der Waals surface area contributed by atoms with E-state index in [1.165, 1.54) is 60.9 Å². The third-order valence-corrected chi connectivity index (χ3v) is 7.33. The summed E-state index contributed by atoms with van der Waals surface area (Å²) in [4.78, 5) is 0.0203. The second-order valence-corrected chi connectivity index (χ2v) is 9.74. The molecule has 0 radical (unpaired) electrons. The lowest BCUT2D eigenvalue weighted by Crippen LogP contribution is -2.07. The van der Waals surface area contributed by atoms with Crippen molar-refractivity contribution in [3.8, 4) is 40.2 Å². The van der Waals surface area contributed by atoms with Gasteiger partial charge in [0.15, 0.2) is 44.3 Å². The predicted molar refractivity (Wildman–Crippen MR) is 140 cm³/mol. The van der Waals surface area contributed by atoms with Crippen LogP contribution in [0.2, 0.25) is 0 Å². The van der Waals surface area contributed by atoms with Crippen LogP contribution < -0.4 is 28.4 Å². The molecule has 9 nitrogen and oxygen atoms in total. The summed E-state index contributed by atoms with van der Waals surface area (Å²) in [6, 6.07) is 11.1. The molecular weight excluding hydrogens is 500 g/mol. The zero-order chi connectivity index (χ0) is 27.2. The molecule has 0 aromatic heterocycles. The molecule has 37 heavy (non-hydrogen) atoms. The number of benzene rings is 3. The standard InChI is InChI=1S/C27H30O9S/c1-31-21-12-10-19(15-23(21)33-3)37(29,30)16-20-18(9-11-22(32-2)26(20)28)8-7-17-13-24(34-4)27(36-6)25(14-17)35-5/h7-15,28H,16H2,1-6H3/b8-7-. The molecule has 3 aromatic rings. The number of aromatic hydroxyl groups is 1. The first-order valence-corrected chi connectivity index (χ1v) is 12.7. The van der Waals surface area contributed by atoms with Crippen molar-refractivity contribution in [1.29, 1.82) is 0 Å². The Balaban J connectivity index is 2.07. The van der Waals surface area contributed by atoms with Crippen molar-refractivity contribution >= 4 is 22.0 Å². The quantitative estimate of drug-likeness (QED) is 0.356. The molecule has 1 N–H and O–H groups in total.